The summed E-state index contributed by atoms with van der Waals surface area (Å²) >= 11 is 2.45. The van der Waals surface area contributed by atoms with Crippen molar-refractivity contribution in [2.75, 3.05) is 56.3 Å². The van der Waals surface area contributed by atoms with E-state index in [1.807, 2.05) is 31.2 Å². The molecule has 9 nitrogen and oxygen atoms in total. The van der Waals surface area contributed by atoms with Crippen molar-refractivity contribution >= 4 is 40.1 Å². The Bertz CT molecular complexity index is 1030. The number of hydrogen-bond donors (Lipinski definition) is 2. The predicted octanol–water partition coefficient (Wildman–Crippen LogP) is 3.42. The number of carbonyl (C=O) groups is 1. The first-order valence-electron chi connectivity index (χ1n) is 12.5. The van der Waals surface area contributed by atoms with E-state index in [-0.39, 0.29) is 10.1 Å². The van der Waals surface area contributed by atoms with Crippen LogP contribution in [0.1, 0.15) is 31.0 Å². The van der Waals surface area contributed by atoms with Gasteiger partial charge in [-0.2, -0.15) is 0 Å². The second kappa shape index (κ2) is 11.4. The summed E-state index contributed by atoms with van der Waals surface area (Å²) in [6, 6.07) is 8.11. The van der Waals surface area contributed by atoms with E-state index in [1.165, 1.54) is 5.56 Å². The number of urea groups is 1. The fraction of sp³-hybridized carbons (Fsp3) is 0.560. The van der Waals surface area contributed by atoms with E-state index in [4.69, 9.17) is 19.4 Å². The van der Waals surface area contributed by atoms with Gasteiger partial charge in [0.2, 0.25) is 0 Å². The van der Waals surface area contributed by atoms with E-state index in [2.05, 4.69) is 43.0 Å². The zero-order valence-electron chi connectivity index (χ0n) is 20.1. The van der Waals surface area contributed by atoms with Crippen LogP contribution in [0.4, 0.5) is 16.3 Å². The van der Waals surface area contributed by atoms with Crippen LogP contribution in [0.3, 0.4) is 0 Å². The molecule has 35 heavy (non-hydrogen) atoms. The van der Waals surface area contributed by atoms with Crippen LogP contribution < -0.4 is 15.5 Å². The van der Waals surface area contributed by atoms with Gasteiger partial charge in [0.15, 0.2) is 5.82 Å². The normalized spacial score (nSPS) is 21.4. The molecule has 2 N–H and O–H groups in total. The lowest BCUT2D eigenvalue weighted by Gasteiger charge is -2.39. The Morgan fingerprint density at radius 2 is 1.91 bits per heavy atom. The fourth-order valence-corrected chi connectivity index (χ4v) is 5.81. The van der Waals surface area contributed by atoms with Gasteiger partial charge < -0.3 is 25.0 Å². The van der Waals surface area contributed by atoms with Gasteiger partial charge in [-0.25, -0.2) is 14.8 Å². The summed E-state index contributed by atoms with van der Waals surface area (Å²) in [5, 5.41) is 5.60. The van der Waals surface area contributed by atoms with E-state index in [9.17, 15) is 4.79 Å². The van der Waals surface area contributed by atoms with Crippen LogP contribution in [0.15, 0.2) is 24.3 Å². The Hall–Kier alpha value is -2.02. The van der Waals surface area contributed by atoms with Gasteiger partial charge in [-0.05, 0) is 50.5 Å². The molecular formula is C25H33IN6O3. The first-order chi connectivity index (χ1) is 17.1. The SMILES string of the molecule is CCNC(=O)Nc1ccc(-c2nc3c(c(N4CCOC[C@@H]4I)n2)CCN(C2CCOCC2)C3)cc1. The third kappa shape index (κ3) is 5.71. The molecular weight excluding hydrogens is 559 g/mol. The summed E-state index contributed by atoms with van der Waals surface area (Å²) in [5.41, 5.74) is 4.08. The van der Waals surface area contributed by atoms with Gasteiger partial charge in [-0.3, -0.25) is 4.90 Å². The molecule has 5 rings (SSSR count). The van der Waals surface area contributed by atoms with Crippen LogP contribution in [-0.4, -0.2) is 77.1 Å². The minimum atomic E-state index is -0.207. The summed E-state index contributed by atoms with van der Waals surface area (Å²) in [5.74, 6) is 1.77. The highest BCUT2D eigenvalue weighted by atomic mass is 127. The Labute approximate surface area is 220 Å². The van der Waals surface area contributed by atoms with Gasteiger partial charge >= 0.3 is 6.03 Å². The number of alkyl halides is 1. The number of ether oxygens (including phenoxy) is 2. The van der Waals surface area contributed by atoms with E-state index >= 15 is 0 Å². The average Bonchev–Trinajstić information content (AvgIpc) is 2.89. The Balaban J connectivity index is 1.46. The molecule has 0 unspecified atom stereocenters. The van der Waals surface area contributed by atoms with Gasteiger partial charge in [0.25, 0.3) is 0 Å². The summed E-state index contributed by atoms with van der Waals surface area (Å²) in [6.45, 7) is 8.27. The number of halogens is 1. The van der Waals surface area contributed by atoms with E-state index in [0.717, 1.165) is 80.7 Å². The zero-order chi connectivity index (χ0) is 24.2. The molecule has 0 radical (unpaired) electrons. The summed E-state index contributed by atoms with van der Waals surface area (Å²) in [6.07, 6.45) is 3.12. The van der Waals surface area contributed by atoms with Crippen LogP contribution in [-0.2, 0) is 22.4 Å². The standard InChI is InChI=1S/C25H33IN6O3/c1-2-27-25(33)28-18-5-3-17(4-6-18)23-29-21-15-31(19-8-12-34-13-9-19)10-7-20(21)24(30-23)32-11-14-35-16-22(32)26/h3-6,19,22H,2,7-16H2,1H3,(H2,27,28,33)/t22-/m1/s1. The maximum atomic E-state index is 11.9. The molecule has 2 aromatic rings. The van der Waals surface area contributed by atoms with Crippen LogP contribution in [0, 0.1) is 0 Å². The average molecular weight is 592 g/mol. The molecule has 2 saturated heterocycles. The highest BCUT2D eigenvalue weighted by Gasteiger charge is 2.32. The molecule has 1 aromatic carbocycles. The third-order valence-corrected chi connectivity index (χ3v) is 7.89. The number of benzene rings is 1. The van der Waals surface area contributed by atoms with Gasteiger partial charge in [-0.15, -0.1) is 0 Å². The smallest absolute Gasteiger partial charge is 0.319 e. The number of nitrogens with one attached hydrogen (secondary N) is 2. The summed E-state index contributed by atoms with van der Waals surface area (Å²) in [7, 11) is 0. The largest absolute Gasteiger partial charge is 0.381 e. The van der Waals surface area contributed by atoms with Crippen molar-refractivity contribution in [1.82, 2.24) is 20.2 Å². The fourth-order valence-electron chi connectivity index (χ4n) is 5.01. The van der Waals surface area contributed by atoms with Crippen LogP contribution in [0.2, 0.25) is 0 Å². The van der Waals surface area contributed by atoms with Crippen molar-refractivity contribution in [3.05, 3.63) is 35.5 Å². The first kappa shape index (κ1) is 24.7. The molecule has 10 heteroatoms. The van der Waals surface area contributed by atoms with Crippen LogP contribution in [0.5, 0.6) is 0 Å². The Morgan fingerprint density at radius 1 is 1.11 bits per heavy atom. The maximum Gasteiger partial charge on any atom is 0.319 e. The van der Waals surface area contributed by atoms with Gasteiger partial charge in [0, 0.05) is 62.2 Å². The number of carbonyl (C=O) groups excluding carboxylic acids is 1. The predicted molar refractivity (Wildman–Crippen MR) is 144 cm³/mol. The molecule has 4 heterocycles. The minimum Gasteiger partial charge on any atom is -0.381 e. The molecule has 0 saturated carbocycles. The third-order valence-electron chi connectivity index (χ3n) is 6.86. The first-order valence-corrected chi connectivity index (χ1v) is 13.7. The van der Waals surface area contributed by atoms with E-state index in [0.29, 0.717) is 25.8 Å². The molecule has 1 aromatic heterocycles. The van der Waals surface area contributed by atoms with E-state index < -0.39 is 0 Å². The van der Waals surface area contributed by atoms with Gasteiger partial charge in [-0.1, -0.05) is 22.6 Å². The van der Waals surface area contributed by atoms with Crippen molar-refractivity contribution < 1.29 is 14.3 Å². The molecule has 0 aliphatic carbocycles. The van der Waals surface area contributed by atoms with Crippen molar-refractivity contribution in [3.63, 3.8) is 0 Å². The molecule has 2 fully saturated rings. The molecule has 3 aliphatic heterocycles. The molecule has 188 valence electrons. The lowest BCUT2D eigenvalue weighted by atomic mass is 9.99. The minimum absolute atomic E-state index is 0.207. The summed E-state index contributed by atoms with van der Waals surface area (Å²) < 4.78 is 11.5. The summed E-state index contributed by atoms with van der Waals surface area (Å²) in [4.78, 5) is 27.0. The molecule has 0 spiro atoms. The Morgan fingerprint density at radius 3 is 2.66 bits per heavy atom. The topological polar surface area (TPSA) is 91.9 Å². The lowest BCUT2D eigenvalue weighted by molar-refractivity contribution is 0.0284. The number of anilines is 2. The molecule has 0 bridgehead atoms. The molecule has 2 amide bonds. The van der Waals surface area contributed by atoms with Crippen molar-refractivity contribution in [1.29, 1.82) is 0 Å². The quantitative estimate of drug-likeness (QED) is 0.313. The monoisotopic (exact) mass is 592 g/mol. The van der Waals surface area contributed by atoms with Crippen molar-refractivity contribution in [3.8, 4) is 11.4 Å². The number of aromatic nitrogens is 2. The van der Waals surface area contributed by atoms with Crippen LogP contribution >= 0.6 is 22.6 Å². The number of fused-ring (bicyclic) bond motifs is 1. The van der Waals surface area contributed by atoms with Crippen molar-refractivity contribution in [2.45, 2.75) is 42.8 Å². The number of morpholine rings is 1. The lowest BCUT2D eigenvalue weighted by Crippen LogP contribution is -2.45. The van der Waals surface area contributed by atoms with Crippen LogP contribution in [0.25, 0.3) is 11.4 Å². The van der Waals surface area contributed by atoms with E-state index in [1.54, 1.807) is 0 Å². The van der Waals surface area contributed by atoms with Crippen molar-refractivity contribution in [2.24, 2.45) is 0 Å². The second-order valence-electron chi connectivity index (χ2n) is 9.12. The van der Waals surface area contributed by atoms with Gasteiger partial charge in [0.05, 0.1) is 18.9 Å². The maximum absolute atomic E-state index is 11.9. The zero-order valence-corrected chi connectivity index (χ0v) is 22.3. The highest BCUT2D eigenvalue weighted by Crippen LogP contribution is 2.34. The highest BCUT2D eigenvalue weighted by molar-refractivity contribution is 14.1. The number of hydrogen-bond acceptors (Lipinski definition) is 7. The van der Waals surface area contributed by atoms with Gasteiger partial charge in [0.1, 0.15) is 9.87 Å². The number of nitrogens with zero attached hydrogens (tertiary/aromatic N) is 4. The number of rotatable bonds is 5. The number of amides is 2. The molecule has 1 atom stereocenters. The Kier molecular flexibility index (Phi) is 8.01. The molecule has 3 aliphatic rings. The second-order valence-corrected chi connectivity index (χ2v) is 10.6.